The maximum Gasteiger partial charge on any atom is 0.416 e. The van der Waals surface area contributed by atoms with E-state index >= 15 is 0 Å². The van der Waals surface area contributed by atoms with Crippen LogP contribution in [0.3, 0.4) is 0 Å². The second-order valence-electron chi connectivity index (χ2n) is 12.2. The van der Waals surface area contributed by atoms with Crippen LogP contribution < -0.4 is 10.0 Å². The number of nitrogens with zero attached hydrogens (tertiary/aromatic N) is 1. The molecular weight excluding hydrogens is 640 g/mol. The SMILES string of the molecule is CCCC(C)NC(=O)OC1CC12CCC(CN(Cc1ccccc1)S(=O)(=O)NC(=O)c1cc(C(F)(F)F)cc(C(F)(F)F)c1)CC2. The molecule has 2 aliphatic rings. The molecule has 8 nitrogen and oxygen atoms in total. The molecule has 0 radical (unpaired) electrons. The first-order valence-electron chi connectivity index (χ1n) is 15.0. The van der Waals surface area contributed by atoms with Crippen molar-refractivity contribution < 1.29 is 49.1 Å². The van der Waals surface area contributed by atoms with Gasteiger partial charge in [-0.2, -0.15) is 39.1 Å². The zero-order valence-electron chi connectivity index (χ0n) is 25.4. The van der Waals surface area contributed by atoms with E-state index in [0.717, 1.165) is 17.1 Å². The van der Waals surface area contributed by atoms with E-state index < -0.39 is 51.3 Å². The highest BCUT2D eigenvalue weighted by atomic mass is 32.2. The molecule has 2 amide bonds. The van der Waals surface area contributed by atoms with Gasteiger partial charge in [-0.1, -0.05) is 43.7 Å². The molecule has 0 bridgehead atoms. The summed E-state index contributed by atoms with van der Waals surface area (Å²) in [4.78, 5) is 25.2. The summed E-state index contributed by atoms with van der Waals surface area (Å²) in [6, 6.07) is 8.59. The molecule has 2 saturated carbocycles. The van der Waals surface area contributed by atoms with Gasteiger partial charge in [-0.05, 0) is 75.1 Å². The van der Waals surface area contributed by atoms with Crippen molar-refractivity contribution in [2.45, 2.75) is 89.8 Å². The van der Waals surface area contributed by atoms with Crippen LogP contribution in [0.1, 0.15) is 85.8 Å². The highest BCUT2D eigenvalue weighted by Gasteiger charge is 2.58. The van der Waals surface area contributed by atoms with Crippen LogP contribution in [0.2, 0.25) is 0 Å². The third-order valence-electron chi connectivity index (χ3n) is 8.63. The number of halogens is 6. The largest absolute Gasteiger partial charge is 0.446 e. The second-order valence-corrected chi connectivity index (χ2v) is 13.9. The van der Waals surface area contributed by atoms with Crippen molar-refractivity contribution in [3.8, 4) is 0 Å². The topological polar surface area (TPSA) is 105 Å². The summed E-state index contributed by atoms with van der Waals surface area (Å²) in [5.41, 5.74) is -4.20. The maximum absolute atomic E-state index is 13.5. The van der Waals surface area contributed by atoms with E-state index in [4.69, 9.17) is 4.74 Å². The van der Waals surface area contributed by atoms with Crippen molar-refractivity contribution in [2.75, 3.05) is 6.54 Å². The Hall–Kier alpha value is -3.33. The van der Waals surface area contributed by atoms with Gasteiger partial charge in [0.15, 0.2) is 0 Å². The zero-order valence-corrected chi connectivity index (χ0v) is 26.2. The van der Waals surface area contributed by atoms with E-state index in [-0.39, 0.29) is 54.8 Å². The molecule has 0 aromatic heterocycles. The number of alkyl halides is 6. The summed E-state index contributed by atoms with van der Waals surface area (Å²) in [6.07, 6.45) is -6.16. The van der Waals surface area contributed by atoms with E-state index in [2.05, 4.69) is 5.32 Å². The minimum absolute atomic E-state index is 0.0127. The number of nitrogens with one attached hydrogen (secondary N) is 2. The molecule has 254 valence electrons. The average Bonchev–Trinajstić information content (AvgIpc) is 3.63. The molecule has 2 fully saturated rings. The van der Waals surface area contributed by atoms with Crippen LogP contribution in [-0.2, 0) is 33.8 Å². The molecule has 2 N–H and O–H groups in total. The van der Waals surface area contributed by atoms with Crippen LogP contribution in [-0.4, -0.2) is 43.4 Å². The molecule has 15 heteroatoms. The van der Waals surface area contributed by atoms with Crippen molar-refractivity contribution in [1.29, 1.82) is 0 Å². The van der Waals surface area contributed by atoms with Crippen molar-refractivity contribution in [2.24, 2.45) is 11.3 Å². The van der Waals surface area contributed by atoms with E-state index in [9.17, 15) is 44.3 Å². The third kappa shape index (κ3) is 9.14. The summed E-state index contributed by atoms with van der Waals surface area (Å²) in [5.74, 6) is -1.78. The van der Waals surface area contributed by atoms with Crippen molar-refractivity contribution >= 4 is 22.2 Å². The van der Waals surface area contributed by atoms with Gasteiger partial charge < -0.3 is 10.1 Å². The molecule has 1 spiro atoms. The van der Waals surface area contributed by atoms with Crippen LogP contribution in [0.15, 0.2) is 48.5 Å². The van der Waals surface area contributed by atoms with Gasteiger partial charge in [0.2, 0.25) is 0 Å². The highest BCUT2D eigenvalue weighted by Crippen LogP contribution is 2.59. The fourth-order valence-corrected chi connectivity index (χ4v) is 7.16. The van der Waals surface area contributed by atoms with Crippen LogP contribution in [0.25, 0.3) is 0 Å². The number of ether oxygens (including phenoxy) is 1. The van der Waals surface area contributed by atoms with Gasteiger partial charge in [-0.15, -0.1) is 0 Å². The lowest BCUT2D eigenvalue weighted by atomic mass is 9.79. The van der Waals surface area contributed by atoms with Crippen molar-refractivity contribution in [1.82, 2.24) is 14.3 Å². The quantitative estimate of drug-likeness (QED) is 0.248. The fourth-order valence-electron chi connectivity index (χ4n) is 5.96. The molecule has 2 aromatic rings. The highest BCUT2D eigenvalue weighted by molar-refractivity contribution is 7.87. The fraction of sp³-hybridized carbons (Fsp3) is 0.548. The van der Waals surface area contributed by atoms with Crippen LogP contribution in [0, 0.1) is 11.3 Å². The maximum atomic E-state index is 13.5. The predicted molar refractivity (Wildman–Crippen MR) is 156 cm³/mol. The summed E-state index contributed by atoms with van der Waals surface area (Å²) in [5, 5.41) is 2.82. The molecule has 2 aliphatic carbocycles. The number of carbonyl (C=O) groups is 2. The van der Waals surface area contributed by atoms with Crippen molar-refractivity contribution in [3.05, 3.63) is 70.8 Å². The molecule has 0 aliphatic heterocycles. The smallest absolute Gasteiger partial charge is 0.416 e. The number of alkyl carbamates (subject to hydrolysis) is 1. The zero-order chi connectivity index (χ0) is 33.9. The monoisotopic (exact) mass is 677 g/mol. The lowest BCUT2D eigenvalue weighted by Gasteiger charge is -2.33. The lowest BCUT2D eigenvalue weighted by molar-refractivity contribution is -0.143. The van der Waals surface area contributed by atoms with Gasteiger partial charge in [0.1, 0.15) is 6.10 Å². The van der Waals surface area contributed by atoms with Crippen LogP contribution in [0.5, 0.6) is 0 Å². The molecule has 46 heavy (non-hydrogen) atoms. The van der Waals surface area contributed by atoms with E-state index in [1.54, 1.807) is 35.1 Å². The Bertz CT molecular complexity index is 1460. The number of amides is 2. The normalized spacial score (nSPS) is 22.4. The molecule has 2 unspecified atom stereocenters. The lowest BCUT2D eigenvalue weighted by Crippen LogP contribution is -2.45. The standard InChI is InChI=1S/C31H37F6N3O5S/c1-3-7-20(2)38-28(42)45-26-17-29(26)12-10-22(11-13-29)19-40(18-21-8-5-4-6-9-21)46(43,44)39-27(41)23-14-24(30(32,33)34)16-25(15-23)31(35,36)37/h4-6,8-9,14-16,20,22,26H,3,7,10-13,17-19H2,1-2H3,(H,38,42)(H,39,41). The second kappa shape index (κ2) is 13.8. The Labute approximate surface area is 264 Å². The van der Waals surface area contributed by atoms with E-state index in [1.807, 2.05) is 13.8 Å². The Morgan fingerprint density at radius 1 is 1.00 bits per heavy atom. The van der Waals surface area contributed by atoms with Gasteiger partial charge >= 0.3 is 28.7 Å². The summed E-state index contributed by atoms with van der Waals surface area (Å²) < 4.78 is 115. The van der Waals surface area contributed by atoms with E-state index in [1.165, 1.54) is 0 Å². The number of rotatable bonds is 11. The molecule has 4 rings (SSSR count). The molecule has 2 atom stereocenters. The minimum Gasteiger partial charge on any atom is -0.446 e. The first-order valence-corrected chi connectivity index (χ1v) is 16.5. The number of hydrogen-bond donors (Lipinski definition) is 2. The predicted octanol–water partition coefficient (Wildman–Crippen LogP) is 7.06. The molecule has 2 aromatic carbocycles. The number of carbonyl (C=O) groups excluding carboxylic acids is 2. The Morgan fingerprint density at radius 3 is 2.13 bits per heavy atom. The van der Waals surface area contributed by atoms with Crippen LogP contribution >= 0.6 is 0 Å². The minimum atomic E-state index is -5.21. The Kier molecular flexibility index (Phi) is 10.7. The van der Waals surface area contributed by atoms with E-state index in [0.29, 0.717) is 37.7 Å². The van der Waals surface area contributed by atoms with Crippen LogP contribution in [0.4, 0.5) is 31.1 Å². The van der Waals surface area contributed by atoms with Gasteiger partial charge in [0.25, 0.3) is 5.91 Å². The first kappa shape index (κ1) is 35.5. The average molecular weight is 678 g/mol. The Balaban J connectivity index is 1.46. The van der Waals surface area contributed by atoms with Crippen molar-refractivity contribution in [3.63, 3.8) is 0 Å². The summed E-state index contributed by atoms with van der Waals surface area (Å²) in [6.45, 7) is 3.67. The summed E-state index contributed by atoms with van der Waals surface area (Å²) in [7, 11) is -4.73. The third-order valence-corrected chi connectivity index (χ3v) is 10.0. The molecule has 0 heterocycles. The first-order chi connectivity index (χ1) is 21.4. The Morgan fingerprint density at radius 2 is 1.59 bits per heavy atom. The van der Waals surface area contributed by atoms with Gasteiger partial charge in [0.05, 0.1) is 11.1 Å². The van der Waals surface area contributed by atoms with Gasteiger partial charge in [0, 0.05) is 30.1 Å². The number of benzene rings is 2. The van der Waals surface area contributed by atoms with Gasteiger partial charge in [-0.25, -0.2) is 9.52 Å². The summed E-state index contributed by atoms with van der Waals surface area (Å²) >= 11 is 0. The number of hydrogen-bond acceptors (Lipinski definition) is 5. The molecular formula is C31H37F6N3O5S. The molecule has 0 saturated heterocycles. The van der Waals surface area contributed by atoms with Gasteiger partial charge in [-0.3, -0.25) is 4.79 Å².